The average molecular weight is 313 g/mol. The Morgan fingerprint density at radius 3 is 2.70 bits per heavy atom. The van der Waals surface area contributed by atoms with E-state index < -0.39 is 0 Å². The quantitative estimate of drug-likeness (QED) is 0.805. The number of imidazole rings is 1. The minimum Gasteiger partial charge on any atom is -0.484 e. The molecule has 0 atom stereocenters. The van der Waals surface area contributed by atoms with Gasteiger partial charge in [-0.3, -0.25) is 4.79 Å². The minimum atomic E-state index is -0.346. The van der Waals surface area contributed by atoms with E-state index in [1.807, 2.05) is 30.5 Å². The van der Waals surface area contributed by atoms with Crippen molar-refractivity contribution in [3.63, 3.8) is 0 Å². The number of carbonyl (C=O) groups is 1. The molecule has 0 aliphatic rings. The third kappa shape index (κ3) is 3.31. The van der Waals surface area contributed by atoms with Gasteiger partial charge in [0.15, 0.2) is 6.61 Å². The summed E-state index contributed by atoms with van der Waals surface area (Å²) < 4.78 is 20.0. The van der Waals surface area contributed by atoms with Gasteiger partial charge in [0.1, 0.15) is 17.2 Å². The zero-order valence-corrected chi connectivity index (χ0v) is 12.8. The number of halogens is 1. The third-order valence-corrected chi connectivity index (χ3v) is 3.56. The Hall–Kier alpha value is -2.89. The molecule has 0 aliphatic carbocycles. The number of anilines is 1. The van der Waals surface area contributed by atoms with Crippen LogP contribution >= 0.6 is 0 Å². The van der Waals surface area contributed by atoms with E-state index in [0.717, 1.165) is 17.0 Å². The standard InChI is InChI=1S/C17H16FN3O2/c1-11-12(2)21-9-14(5-8-16(21)19-11)20-17(22)10-23-15-6-3-13(18)4-7-15/h3-9H,10H2,1-2H3,(H,20,22). The lowest BCUT2D eigenvalue weighted by molar-refractivity contribution is -0.118. The van der Waals surface area contributed by atoms with Crippen molar-refractivity contribution in [1.29, 1.82) is 0 Å². The van der Waals surface area contributed by atoms with Gasteiger partial charge in [-0.2, -0.15) is 0 Å². The number of rotatable bonds is 4. The van der Waals surface area contributed by atoms with Crippen molar-refractivity contribution < 1.29 is 13.9 Å². The minimum absolute atomic E-state index is 0.147. The predicted octanol–water partition coefficient (Wildman–Crippen LogP) is 3.11. The Bertz CT molecular complexity index is 856. The fourth-order valence-electron chi connectivity index (χ4n) is 2.23. The maximum absolute atomic E-state index is 12.8. The zero-order valence-electron chi connectivity index (χ0n) is 12.8. The van der Waals surface area contributed by atoms with Crippen molar-refractivity contribution in [2.45, 2.75) is 13.8 Å². The second kappa shape index (κ2) is 6.08. The van der Waals surface area contributed by atoms with E-state index in [4.69, 9.17) is 4.74 Å². The number of fused-ring (bicyclic) bond motifs is 1. The first-order valence-electron chi connectivity index (χ1n) is 7.16. The maximum atomic E-state index is 12.8. The maximum Gasteiger partial charge on any atom is 0.262 e. The molecule has 118 valence electrons. The first-order valence-corrected chi connectivity index (χ1v) is 7.16. The SMILES string of the molecule is Cc1nc2ccc(NC(=O)COc3ccc(F)cc3)cn2c1C. The number of amides is 1. The number of benzene rings is 1. The van der Waals surface area contributed by atoms with Crippen LogP contribution in [0.1, 0.15) is 11.4 Å². The van der Waals surface area contributed by atoms with Crippen LogP contribution in [0.4, 0.5) is 10.1 Å². The summed E-state index contributed by atoms with van der Waals surface area (Å²) in [7, 11) is 0. The summed E-state index contributed by atoms with van der Waals surface area (Å²) in [6.07, 6.45) is 1.82. The molecule has 3 rings (SSSR count). The lowest BCUT2D eigenvalue weighted by atomic mass is 10.3. The Labute approximate surface area is 132 Å². The number of hydrogen-bond donors (Lipinski definition) is 1. The van der Waals surface area contributed by atoms with Crippen LogP contribution in [0.25, 0.3) is 5.65 Å². The van der Waals surface area contributed by atoms with E-state index in [2.05, 4.69) is 10.3 Å². The van der Waals surface area contributed by atoms with Gasteiger partial charge < -0.3 is 14.5 Å². The van der Waals surface area contributed by atoms with Crippen LogP contribution in [0.5, 0.6) is 5.75 Å². The Balaban J connectivity index is 1.65. The number of aromatic nitrogens is 2. The summed E-state index contributed by atoms with van der Waals surface area (Å²) in [5.41, 5.74) is 3.47. The van der Waals surface area contributed by atoms with Gasteiger partial charge in [-0.15, -0.1) is 0 Å². The van der Waals surface area contributed by atoms with Gasteiger partial charge in [0.2, 0.25) is 0 Å². The largest absolute Gasteiger partial charge is 0.484 e. The van der Waals surface area contributed by atoms with Gasteiger partial charge in [-0.25, -0.2) is 9.37 Å². The molecule has 23 heavy (non-hydrogen) atoms. The van der Waals surface area contributed by atoms with Gasteiger partial charge in [0.05, 0.1) is 11.4 Å². The molecule has 0 radical (unpaired) electrons. The molecule has 2 aromatic heterocycles. The molecule has 1 N–H and O–H groups in total. The molecule has 0 bridgehead atoms. The van der Waals surface area contributed by atoms with E-state index in [1.54, 1.807) is 6.07 Å². The van der Waals surface area contributed by atoms with Gasteiger partial charge in [0, 0.05) is 11.9 Å². The first kappa shape index (κ1) is 15.0. The molecule has 0 fully saturated rings. The molecule has 1 amide bonds. The smallest absolute Gasteiger partial charge is 0.262 e. The molecule has 0 aliphatic heterocycles. The fraction of sp³-hybridized carbons (Fsp3) is 0.176. The van der Waals surface area contributed by atoms with E-state index in [9.17, 15) is 9.18 Å². The van der Waals surface area contributed by atoms with Crippen molar-refractivity contribution in [2.24, 2.45) is 0 Å². The van der Waals surface area contributed by atoms with E-state index in [-0.39, 0.29) is 18.3 Å². The number of pyridine rings is 1. The molecule has 0 saturated carbocycles. The summed E-state index contributed by atoms with van der Waals surface area (Å²) in [4.78, 5) is 16.4. The molecule has 0 saturated heterocycles. The molecule has 0 unspecified atom stereocenters. The van der Waals surface area contributed by atoms with Gasteiger partial charge >= 0.3 is 0 Å². The molecule has 6 heteroatoms. The number of hydrogen-bond acceptors (Lipinski definition) is 3. The number of nitrogens with zero attached hydrogens (tertiary/aromatic N) is 2. The summed E-state index contributed by atoms with van der Waals surface area (Å²) in [6, 6.07) is 9.16. The average Bonchev–Trinajstić information content (AvgIpc) is 2.82. The topological polar surface area (TPSA) is 55.6 Å². The summed E-state index contributed by atoms with van der Waals surface area (Å²) >= 11 is 0. The number of carbonyl (C=O) groups excluding carboxylic acids is 1. The van der Waals surface area contributed by atoms with E-state index >= 15 is 0 Å². The molecule has 5 nitrogen and oxygen atoms in total. The Morgan fingerprint density at radius 1 is 1.22 bits per heavy atom. The second-order valence-corrected chi connectivity index (χ2v) is 5.22. The van der Waals surface area contributed by atoms with Crippen molar-refractivity contribution >= 4 is 17.2 Å². The summed E-state index contributed by atoms with van der Waals surface area (Å²) in [6.45, 7) is 3.77. The lowest BCUT2D eigenvalue weighted by Gasteiger charge is -2.08. The van der Waals surface area contributed by atoms with Crippen LogP contribution in [0.3, 0.4) is 0 Å². The highest BCUT2D eigenvalue weighted by atomic mass is 19.1. The number of nitrogens with one attached hydrogen (secondary N) is 1. The molecular weight excluding hydrogens is 297 g/mol. The Morgan fingerprint density at radius 2 is 1.96 bits per heavy atom. The van der Waals surface area contributed by atoms with Crippen LogP contribution in [0.2, 0.25) is 0 Å². The van der Waals surface area contributed by atoms with Crippen LogP contribution in [-0.2, 0) is 4.79 Å². The summed E-state index contributed by atoms with van der Waals surface area (Å²) in [5.74, 6) is -0.192. The van der Waals surface area contributed by atoms with E-state index in [0.29, 0.717) is 11.4 Å². The van der Waals surface area contributed by atoms with Crippen molar-refractivity contribution in [3.8, 4) is 5.75 Å². The fourth-order valence-corrected chi connectivity index (χ4v) is 2.23. The predicted molar refractivity (Wildman–Crippen MR) is 85.2 cm³/mol. The van der Waals surface area contributed by atoms with Crippen molar-refractivity contribution in [1.82, 2.24) is 9.38 Å². The lowest BCUT2D eigenvalue weighted by Crippen LogP contribution is -2.20. The highest BCUT2D eigenvalue weighted by Crippen LogP contribution is 2.15. The van der Waals surface area contributed by atoms with Crippen molar-refractivity contribution in [2.75, 3.05) is 11.9 Å². The van der Waals surface area contributed by atoms with Crippen LogP contribution < -0.4 is 10.1 Å². The third-order valence-electron chi connectivity index (χ3n) is 3.56. The van der Waals surface area contributed by atoms with E-state index in [1.165, 1.54) is 24.3 Å². The van der Waals surface area contributed by atoms with Gasteiger partial charge in [-0.1, -0.05) is 0 Å². The zero-order chi connectivity index (χ0) is 16.4. The monoisotopic (exact) mass is 313 g/mol. The van der Waals surface area contributed by atoms with Gasteiger partial charge in [0.25, 0.3) is 5.91 Å². The van der Waals surface area contributed by atoms with Crippen molar-refractivity contribution in [3.05, 3.63) is 59.8 Å². The number of aryl methyl sites for hydroxylation is 2. The first-order chi connectivity index (χ1) is 11.0. The molecular formula is C17H16FN3O2. The normalized spacial score (nSPS) is 10.7. The molecule has 3 aromatic rings. The van der Waals surface area contributed by atoms with Crippen LogP contribution in [0.15, 0.2) is 42.6 Å². The second-order valence-electron chi connectivity index (χ2n) is 5.22. The van der Waals surface area contributed by atoms with Gasteiger partial charge in [-0.05, 0) is 50.2 Å². The Kier molecular flexibility index (Phi) is 3.97. The highest BCUT2D eigenvalue weighted by molar-refractivity contribution is 5.91. The summed E-state index contributed by atoms with van der Waals surface area (Å²) in [5, 5.41) is 2.77. The van der Waals surface area contributed by atoms with Crippen LogP contribution in [-0.4, -0.2) is 21.9 Å². The molecule has 0 spiro atoms. The molecule has 1 aromatic carbocycles. The number of ether oxygens (including phenoxy) is 1. The molecule has 2 heterocycles. The highest BCUT2D eigenvalue weighted by Gasteiger charge is 2.08. The van der Waals surface area contributed by atoms with Crippen LogP contribution in [0, 0.1) is 19.7 Å².